The molecule has 6 heteroatoms. The molecule has 1 aromatic heterocycles. The molecule has 1 aliphatic heterocycles. The van der Waals surface area contributed by atoms with E-state index in [2.05, 4.69) is 46.4 Å². The first-order valence-electron chi connectivity index (χ1n) is 7.78. The maximum absolute atomic E-state index is 4.32. The second kappa shape index (κ2) is 7.13. The molecule has 1 fully saturated rings. The number of aromatic nitrogens is 4. The smallest absolute Gasteiger partial charge is 0.188 e. The first-order chi connectivity index (χ1) is 9.58. The lowest BCUT2D eigenvalue weighted by molar-refractivity contribution is 0.101. The van der Waals surface area contributed by atoms with E-state index in [1.807, 2.05) is 7.05 Å². The standard InChI is InChI=1S/C14H28N6/c1-5-6-12-9-20(10-14-16-18-19(4)17-14)13(8-15-12)7-11(2)3/h11-13,15H,5-10H2,1-4H3. The van der Waals surface area contributed by atoms with E-state index in [1.165, 1.54) is 19.3 Å². The minimum absolute atomic E-state index is 0.576. The van der Waals surface area contributed by atoms with Crippen molar-refractivity contribution in [1.29, 1.82) is 0 Å². The summed E-state index contributed by atoms with van der Waals surface area (Å²) < 4.78 is 0. The highest BCUT2D eigenvalue weighted by atomic mass is 15.6. The molecule has 2 unspecified atom stereocenters. The van der Waals surface area contributed by atoms with E-state index in [9.17, 15) is 0 Å². The molecule has 0 saturated carbocycles. The molecule has 0 bridgehead atoms. The van der Waals surface area contributed by atoms with E-state index in [0.29, 0.717) is 18.0 Å². The number of rotatable bonds is 6. The molecule has 114 valence electrons. The first kappa shape index (κ1) is 15.4. The second-order valence-corrected chi connectivity index (χ2v) is 6.30. The van der Waals surface area contributed by atoms with Gasteiger partial charge in [0.15, 0.2) is 5.82 Å². The van der Waals surface area contributed by atoms with Gasteiger partial charge in [0, 0.05) is 25.2 Å². The molecule has 0 aliphatic carbocycles. The van der Waals surface area contributed by atoms with E-state index in [1.54, 1.807) is 4.80 Å². The van der Waals surface area contributed by atoms with Crippen LogP contribution in [0.25, 0.3) is 0 Å². The van der Waals surface area contributed by atoms with Crippen molar-refractivity contribution in [3.63, 3.8) is 0 Å². The van der Waals surface area contributed by atoms with Crippen LogP contribution in [0.15, 0.2) is 0 Å². The Labute approximate surface area is 121 Å². The van der Waals surface area contributed by atoms with Gasteiger partial charge in [-0.3, -0.25) is 4.90 Å². The van der Waals surface area contributed by atoms with Crippen LogP contribution < -0.4 is 5.32 Å². The summed E-state index contributed by atoms with van der Waals surface area (Å²) in [5, 5.41) is 16.1. The van der Waals surface area contributed by atoms with E-state index in [4.69, 9.17) is 0 Å². The van der Waals surface area contributed by atoms with Crippen molar-refractivity contribution in [1.82, 2.24) is 30.4 Å². The lowest BCUT2D eigenvalue weighted by atomic mass is 9.98. The first-order valence-corrected chi connectivity index (χ1v) is 7.78. The van der Waals surface area contributed by atoms with E-state index >= 15 is 0 Å². The van der Waals surface area contributed by atoms with Crippen molar-refractivity contribution < 1.29 is 0 Å². The maximum Gasteiger partial charge on any atom is 0.188 e. The van der Waals surface area contributed by atoms with Gasteiger partial charge >= 0.3 is 0 Å². The number of hydrogen-bond acceptors (Lipinski definition) is 5. The Morgan fingerprint density at radius 1 is 1.40 bits per heavy atom. The zero-order valence-corrected chi connectivity index (χ0v) is 13.2. The number of hydrogen-bond donors (Lipinski definition) is 1. The van der Waals surface area contributed by atoms with Crippen molar-refractivity contribution in [2.75, 3.05) is 13.1 Å². The maximum atomic E-state index is 4.32. The predicted octanol–water partition coefficient (Wildman–Crippen LogP) is 1.20. The monoisotopic (exact) mass is 280 g/mol. The molecule has 1 aliphatic rings. The molecule has 2 rings (SSSR count). The SMILES string of the molecule is CCCC1CN(Cc2nnn(C)n2)C(CC(C)C)CN1. The third-order valence-electron chi connectivity index (χ3n) is 3.89. The van der Waals surface area contributed by atoms with Crippen molar-refractivity contribution in [2.45, 2.75) is 58.7 Å². The van der Waals surface area contributed by atoms with Crippen LogP contribution in [0.4, 0.5) is 0 Å². The van der Waals surface area contributed by atoms with Gasteiger partial charge in [-0.05, 0) is 24.0 Å². The van der Waals surface area contributed by atoms with Gasteiger partial charge in [-0.15, -0.1) is 10.2 Å². The van der Waals surface area contributed by atoms with Crippen LogP contribution in [0.5, 0.6) is 0 Å². The van der Waals surface area contributed by atoms with Crippen LogP contribution in [-0.2, 0) is 13.6 Å². The summed E-state index contributed by atoms with van der Waals surface area (Å²) in [4.78, 5) is 4.08. The summed E-state index contributed by atoms with van der Waals surface area (Å²) in [5.74, 6) is 1.54. The van der Waals surface area contributed by atoms with Crippen LogP contribution >= 0.6 is 0 Å². The Morgan fingerprint density at radius 3 is 2.80 bits per heavy atom. The Hall–Kier alpha value is -1.01. The third kappa shape index (κ3) is 4.24. The molecular weight excluding hydrogens is 252 g/mol. The van der Waals surface area contributed by atoms with E-state index in [-0.39, 0.29) is 0 Å². The predicted molar refractivity (Wildman–Crippen MR) is 79.1 cm³/mol. The second-order valence-electron chi connectivity index (χ2n) is 6.30. The van der Waals surface area contributed by atoms with Gasteiger partial charge in [-0.25, -0.2) is 0 Å². The molecular formula is C14H28N6. The Bertz CT molecular complexity index is 402. The Morgan fingerprint density at radius 2 is 2.20 bits per heavy atom. The van der Waals surface area contributed by atoms with Crippen LogP contribution in [0, 0.1) is 5.92 Å². The quantitative estimate of drug-likeness (QED) is 0.848. The molecule has 2 heterocycles. The zero-order chi connectivity index (χ0) is 14.5. The van der Waals surface area contributed by atoms with E-state index < -0.39 is 0 Å². The fourth-order valence-electron chi connectivity index (χ4n) is 3.01. The lowest BCUT2D eigenvalue weighted by Gasteiger charge is -2.40. The molecule has 1 aromatic rings. The summed E-state index contributed by atoms with van der Waals surface area (Å²) in [6.45, 7) is 9.80. The van der Waals surface area contributed by atoms with Gasteiger partial charge in [0.25, 0.3) is 0 Å². The van der Waals surface area contributed by atoms with Crippen molar-refractivity contribution in [2.24, 2.45) is 13.0 Å². The largest absolute Gasteiger partial charge is 0.311 e. The molecule has 0 aromatic carbocycles. The minimum Gasteiger partial charge on any atom is -0.311 e. The van der Waals surface area contributed by atoms with Crippen molar-refractivity contribution in [3.8, 4) is 0 Å². The summed E-state index contributed by atoms with van der Waals surface area (Å²) >= 11 is 0. The molecule has 1 N–H and O–H groups in total. The third-order valence-corrected chi connectivity index (χ3v) is 3.89. The minimum atomic E-state index is 0.576. The highest BCUT2D eigenvalue weighted by Crippen LogP contribution is 2.18. The van der Waals surface area contributed by atoms with Gasteiger partial charge in [0.05, 0.1) is 13.6 Å². The number of piperazine rings is 1. The number of aryl methyl sites for hydroxylation is 1. The molecule has 20 heavy (non-hydrogen) atoms. The molecule has 1 saturated heterocycles. The Kier molecular flexibility index (Phi) is 5.48. The molecule has 0 spiro atoms. The number of nitrogens with one attached hydrogen (secondary N) is 1. The van der Waals surface area contributed by atoms with Gasteiger partial charge < -0.3 is 5.32 Å². The van der Waals surface area contributed by atoms with Crippen LogP contribution in [0.1, 0.15) is 45.9 Å². The van der Waals surface area contributed by atoms with Gasteiger partial charge in [-0.2, -0.15) is 4.80 Å². The van der Waals surface area contributed by atoms with Gasteiger partial charge in [0.2, 0.25) is 0 Å². The normalized spacial score (nSPS) is 24.4. The highest BCUT2D eigenvalue weighted by Gasteiger charge is 2.28. The summed E-state index contributed by atoms with van der Waals surface area (Å²) in [7, 11) is 1.82. The number of nitrogens with zero attached hydrogens (tertiary/aromatic N) is 5. The number of tetrazole rings is 1. The van der Waals surface area contributed by atoms with Crippen molar-refractivity contribution in [3.05, 3.63) is 5.82 Å². The summed E-state index contributed by atoms with van der Waals surface area (Å²) in [5.41, 5.74) is 0. The Balaban J connectivity index is 2.00. The lowest BCUT2D eigenvalue weighted by Crippen LogP contribution is -2.56. The molecule has 2 atom stereocenters. The van der Waals surface area contributed by atoms with Crippen LogP contribution in [0.3, 0.4) is 0 Å². The van der Waals surface area contributed by atoms with Gasteiger partial charge in [-0.1, -0.05) is 27.2 Å². The highest BCUT2D eigenvalue weighted by molar-refractivity contribution is 4.89. The average Bonchev–Trinajstić information content (AvgIpc) is 2.78. The molecule has 6 nitrogen and oxygen atoms in total. The fourth-order valence-corrected chi connectivity index (χ4v) is 3.01. The molecule has 0 amide bonds. The van der Waals surface area contributed by atoms with E-state index in [0.717, 1.165) is 25.5 Å². The fraction of sp³-hybridized carbons (Fsp3) is 0.929. The molecule has 0 radical (unpaired) electrons. The van der Waals surface area contributed by atoms with Crippen molar-refractivity contribution >= 4 is 0 Å². The summed E-state index contributed by atoms with van der Waals surface area (Å²) in [6, 6.07) is 1.17. The summed E-state index contributed by atoms with van der Waals surface area (Å²) in [6.07, 6.45) is 3.68. The average molecular weight is 280 g/mol. The van der Waals surface area contributed by atoms with Gasteiger partial charge in [0.1, 0.15) is 0 Å². The van der Waals surface area contributed by atoms with Crippen LogP contribution in [0.2, 0.25) is 0 Å². The topological polar surface area (TPSA) is 58.9 Å². The van der Waals surface area contributed by atoms with Crippen LogP contribution in [-0.4, -0.2) is 50.3 Å². The zero-order valence-electron chi connectivity index (χ0n) is 13.2.